The van der Waals surface area contributed by atoms with E-state index in [1.165, 1.54) is 0 Å². The number of hydrogen-bond donors (Lipinski definition) is 1. The van der Waals surface area contributed by atoms with E-state index in [-0.39, 0.29) is 5.41 Å². The summed E-state index contributed by atoms with van der Waals surface area (Å²) in [4.78, 5) is 4.19. The van der Waals surface area contributed by atoms with E-state index in [0.29, 0.717) is 5.02 Å². The lowest BCUT2D eigenvalue weighted by molar-refractivity contribution is 0.442. The summed E-state index contributed by atoms with van der Waals surface area (Å²) in [6.07, 6.45) is 1.73. The van der Waals surface area contributed by atoms with Gasteiger partial charge in [0, 0.05) is 17.2 Å². The Balaban J connectivity index is 2.68. The lowest BCUT2D eigenvalue weighted by Gasteiger charge is -2.19. The number of pyridine rings is 1. The maximum Gasteiger partial charge on any atom is 0.144 e. The van der Waals surface area contributed by atoms with Crippen LogP contribution in [0.4, 0.5) is 5.82 Å². The maximum atomic E-state index is 6.00. The first-order chi connectivity index (χ1) is 6.38. The molecule has 1 aromatic rings. The summed E-state index contributed by atoms with van der Waals surface area (Å²) < 4.78 is 0.892. The summed E-state index contributed by atoms with van der Waals surface area (Å²) in [7, 11) is 0. The zero-order valence-electron chi connectivity index (χ0n) is 8.56. The quantitative estimate of drug-likeness (QED) is 0.885. The third-order valence-corrected chi connectivity index (χ3v) is 2.32. The Morgan fingerprint density at radius 3 is 2.64 bits per heavy atom. The van der Waals surface area contributed by atoms with Gasteiger partial charge in [0.05, 0.1) is 5.02 Å². The van der Waals surface area contributed by atoms with Gasteiger partial charge in [-0.1, -0.05) is 32.4 Å². The van der Waals surface area contributed by atoms with Crippen LogP contribution in [0.3, 0.4) is 0 Å². The van der Waals surface area contributed by atoms with Crippen LogP contribution in [0.1, 0.15) is 20.8 Å². The van der Waals surface area contributed by atoms with Crippen LogP contribution in [0, 0.1) is 5.41 Å². The Hall–Kier alpha value is -0.280. The van der Waals surface area contributed by atoms with Gasteiger partial charge in [-0.05, 0) is 27.4 Å². The van der Waals surface area contributed by atoms with E-state index < -0.39 is 0 Å². The highest BCUT2D eigenvalue weighted by Gasteiger charge is 2.11. The van der Waals surface area contributed by atoms with Gasteiger partial charge in [0.1, 0.15) is 5.82 Å². The maximum absolute atomic E-state index is 6.00. The van der Waals surface area contributed by atoms with Crippen molar-refractivity contribution in [3.05, 3.63) is 21.8 Å². The van der Waals surface area contributed by atoms with Gasteiger partial charge < -0.3 is 5.32 Å². The Bertz CT molecular complexity index is 320. The standard InChI is InChI=1S/C10H14BrClN2/c1-10(2,3)6-14-9-8(12)4-7(11)5-13-9/h4-5H,6H2,1-3H3,(H,13,14). The van der Waals surface area contributed by atoms with Crippen molar-refractivity contribution < 1.29 is 0 Å². The van der Waals surface area contributed by atoms with Crippen molar-refractivity contribution in [2.75, 3.05) is 11.9 Å². The average Bonchev–Trinajstić information content (AvgIpc) is 2.00. The summed E-state index contributed by atoms with van der Waals surface area (Å²) in [5, 5.41) is 3.86. The fourth-order valence-corrected chi connectivity index (χ4v) is 1.59. The minimum atomic E-state index is 0.220. The summed E-state index contributed by atoms with van der Waals surface area (Å²) in [6.45, 7) is 7.33. The topological polar surface area (TPSA) is 24.9 Å². The molecule has 14 heavy (non-hydrogen) atoms. The molecule has 0 aliphatic rings. The van der Waals surface area contributed by atoms with Gasteiger partial charge >= 0.3 is 0 Å². The predicted octanol–water partition coefficient (Wildman–Crippen LogP) is 3.96. The van der Waals surface area contributed by atoms with Crippen LogP contribution >= 0.6 is 27.5 Å². The molecule has 78 valence electrons. The first-order valence-electron chi connectivity index (χ1n) is 4.43. The predicted molar refractivity (Wildman–Crippen MR) is 64.9 cm³/mol. The molecule has 0 radical (unpaired) electrons. The van der Waals surface area contributed by atoms with Gasteiger partial charge in [0.2, 0.25) is 0 Å². The van der Waals surface area contributed by atoms with E-state index in [4.69, 9.17) is 11.6 Å². The van der Waals surface area contributed by atoms with E-state index in [2.05, 4.69) is 47.0 Å². The van der Waals surface area contributed by atoms with Crippen LogP contribution in [-0.4, -0.2) is 11.5 Å². The molecular weight excluding hydrogens is 263 g/mol. The number of nitrogens with one attached hydrogen (secondary N) is 1. The molecule has 0 unspecified atom stereocenters. The lowest BCUT2D eigenvalue weighted by atomic mass is 9.97. The van der Waals surface area contributed by atoms with E-state index in [1.807, 2.05) is 6.07 Å². The van der Waals surface area contributed by atoms with Gasteiger partial charge in [-0.2, -0.15) is 0 Å². The molecule has 0 aromatic carbocycles. The first kappa shape index (κ1) is 11.8. The Labute approximate surface area is 98.2 Å². The summed E-state index contributed by atoms with van der Waals surface area (Å²) in [6, 6.07) is 1.83. The van der Waals surface area contributed by atoms with Gasteiger partial charge in [-0.25, -0.2) is 4.98 Å². The molecule has 1 heterocycles. The second kappa shape index (κ2) is 4.49. The third-order valence-electron chi connectivity index (χ3n) is 1.59. The van der Waals surface area contributed by atoms with Crippen LogP contribution in [0.5, 0.6) is 0 Å². The molecule has 1 N–H and O–H groups in total. The number of hydrogen-bond acceptors (Lipinski definition) is 2. The molecular formula is C10H14BrClN2. The smallest absolute Gasteiger partial charge is 0.144 e. The largest absolute Gasteiger partial charge is 0.368 e. The molecule has 2 nitrogen and oxygen atoms in total. The van der Waals surface area contributed by atoms with Crippen LogP contribution < -0.4 is 5.32 Å². The third kappa shape index (κ3) is 3.84. The number of rotatable bonds is 2. The second-order valence-electron chi connectivity index (χ2n) is 4.40. The van der Waals surface area contributed by atoms with Crippen LogP contribution in [-0.2, 0) is 0 Å². The fraction of sp³-hybridized carbons (Fsp3) is 0.500. The molecule has 4 heteroatoms. The average molecular weight is 278 g/mol. The van der Waals surface area contributed by atoms with Gasteiger partial charge in [0.25, 0.3) is 0 Å². The van der Waals surface area contributed by atoms with Crippen molar-refractivity contribution in [1.82, 2.24) is 4.98 Å². The summed E-state index contributed by atoms with van der Waals surface area (Å²) >= 11 is 9.32. The highest BCUT2D eigenvalue weighted by atomic mass is 79.9. The van der Waals surface area contributed by atoms with Crippen molar-refractivity contribution in [3.63, 3.8) is 0 Å². The molecule has 0 spiro atoms. The lowest BCUT2D eigenvalue weighted by Crippen LogP contribution is -2.19. The minimum absolute atomic E-state index is 0.220. The molecule has 0 aliphatic heterocycles. The highest BCUT2D eigenvalue weighted by Crippen LogP contribution is 2.24. The summed E-state index contributed by atoms with van der Waals surface area (Å²) in [5.74, 6) is 0.741. The Morgan fingerprint density at radius 2 is 2.14 bits per heavy atom. The second-order valence-corrected chi connectivity index (χ2v) is 5.72. The Morgan fingerprint density at radius 1 is 1.50 bits per heavy atom. The molecule has 0 bridgehead atoms. The van der Waals surface area contributed by atoms with Crippen LogP contribution in [0.15, 0.2) is 16.7 Å². The van der Waals surface area contributed by atoms with Crippen LogP contribution in [0.2, 0.25) is 5.02 Å². The molecule has 0 amide bonds. The number of aromatic nitrogens is 1. The van der Waals surface area contributed by atoms with Gasteiger partial charge in [-0.15, -0.1) is 0 Å². The SMILES string of the molecule is CC(C)(C)CNc1ncc(Br)cc1Cl. The zero-order valence-corrected chi connectivity index (χ0v) is 10.9. The van der Waals surface area contributed by atoms with Crippen molar-refractivity contribution >= 4 is 33.3 Å². The molecule has 1 rings (SSSR count). The normalized spacial score (nSPS) is 11.5. The van der Waals surface area contributed by atoms with E-state index in [1.54, 1.807) is 6.20 Å². The number of nitrogens with zero attached hydrogens (tertiary/aromatic N) is 1. The van der Waals surface area contributed by atoms with Crippen molar-refractivity contribution in [1.29, 1.82) is 0 Å². The van der Waals surface area contributed by atoms with Crippen molar-refractivity contribution in [2.24, 2.45) is 5.41 Å². The van der Waals surface area contributed by atoms with Crippen molar-refractivity contribution in [3.8, 4) is 0 Å². The van der Waals surface area contributed by atoms with Crippen molar-refractivity contribution in [2.45, 2.75) is 20.8 Å². The number of halogens is 2. The highest BCUT2D eigenvalue weighted by molar-refractivity contribution is 9.10. The van der Waals surface area contributed by atoms with Crippen LogP contribution in [0.25, 0.3) is 0 Å². The Kier molecular flexibility index (Phi) is 3.78. The molecule has 0 aliphatic carbocycles. The van der Waals surface area contributed by atoms with E-state index in [0.717, 1.165) is 16.8 Å². The monoisotopic (exact) mass is 276 g/mol. The van der Waals surface area contributed by atoms with E-state index >= 15 is 0 Å². The molecule has 0 saturated heterocycles. The number of anilines is 1. The molecule has 0 atom stereocenters. The fourth-order valence-electron chi connectivity index (χ4n) is 0.894. The molecule has 1 aromatic heterocycles. The van der Waals surface area contributed by atoms with Gasteiger partial charge in [-0.3, -0.25) is 0 Å². The zero-order chi connectivity index (χ0) is 10.8. The minimum Gasteiger partial charge on any atom is -0.368 e. The first-order valence-corrected chi connectivity index (χ1v) is 5.60. The van der Waals surface area contributed by atoms with Gasteiger partial charge in [0.15, 0.2) is 0 Å². The molecule has 0 saturated carbocycles. The molecule has 0 fully saturated rings. The van der Waals surface area contributed by atoms with E-state index in [9.17, 15) is 0 Å². The summed E-state index contributed by atoms with van der Waals surface area (Å²) in [5.41, 5.74) is 0.220.